The fourth-order valence-corrected chi connectivity index (χ4v) is 2.38. The van der Waals surface area contributed by atoms with Crippen LogP contribution in [0.5, 0.6) is 0 Å². The number of carboxylic acid groups (broad SMARTS) is 1. The predicted octanol–water partition coefficient (Wildman–Crippen LogP) is 1.48. The molecule has 1 aromatic carbocycles. The monoisotopic (exact) mass is 233 g/mol. The third-order valence-electron chi connectivity index (χ3n) is 3.26. The number of carbonyl (C=O) groups is 2. The molecule has 1 heterocycles. The summed E-state index contributed by atoms with van der Waals surface area (Å²) in [5.41, 5.74) is 1.10. The van der Waals surface area contributed by atoms with E-state index in [0.717, 1.165) is 5.56 Å². The number of hydrogen-bond acceptors (Lipinski definition) is 2. The lowest BCUT2D eigenvalue weighted by molar-refractivity contribution is -0.147. The number of aliphatic carboxylic acids is 1. The summed E-state index contributed by atoms with van der Waals surface area (Å²) in [6.07, 6.45) is 0.499. The summed E-state index contributed by atoms with van der Waals surface area (Å²) in [6.45, 7) is 1.92. The van der Waals surface area contributed by atoms with Crippen LogP contribution in [-0.4, -0.2) is 34.5 Å². The first-order chi connectivity index (χ1) is 8.09. The van der Waals surface area contributed by atoms with Crippen LogP contribution in [0.25, 0.3) is 0 Å². The Morgan fingerprint density at radius 3 is 2.41 bits per heavy atom. The number of hydrogen-bond donors (Lipinski definition) is 1. The van der Waals surface area contributed by atoms with E-state index in [1.165, 1.54) is 11.8 Å². The number of benzene rings is 1. The molecule has 0 aromatic heterocycles. The van der Waals surface area contributed by atoms with Crippen LogP contribution in [0.15, 0.2) is 30.3 Å². The van der Waals surface area contributed by atoms with E-state index < -0.39 is 12.0 Å². The second-order valence-electron chi connectivity index (χ2n) is 4.37. The van der Waals surface area contributed by atoms with Crippen molar-refractivity contribution >= 4 is 11.9 Å². The second-order valence-corrected chi connectivity index (χ2v) is 4.37. The molecule has 0 aliphatic carbocycles. The fourth-order valence-electron chi connectivity index (χ4n) is 2.38. The SMILES string of the molecule is CC(=O)N1C[C@H](c2ccccc2)C[C@@H]1C(=O)O. The lowest BCUT2D eigenvalue weighted by Crippen LogP contribution is -2.39. The highest BCUT2D eigenvalue weighted by Gasteiger charge is 2.38. The van der Waals surface area contributed by atoms with Gasteiger partial charge in [0.1, 0.15) is 6.04 Å². The normalized spacial score (nSPS) is 23.7. The molecule has 0 saturated carbocycles. The van der Waals surface area contributed by atoms with E-state index in [-0.39, 0.29) is 11.8 Å². The summed E-state index contributed by atoms with van der Waals surface area (Å²) in [6, 6.07) is 9.07. The van der Waals surface area contributed by atoms with Crippen molar-refractivity contribution in [2.75, 3.05) is 6.54 Å². The first-order valence-corrected chi connectivity index (χ1v) is 5.64. The molecule has 90 valence electrons. The van der Waals surface area contributed by atoms with Crippen molar-refractivity contribution in [2.45, 2.75) is 25.3 Å². The highest BCUT2D eigenvalue weighted by atomic mass is 16.4. The number of amides is 1. The molecule has 17 heavy (non-hydrogen) atoms. The Bertz CT molecular complexity index is 408. The van der Waals surface area contributed by atoms with Gasteiger partial charge in [0, 0.05) is 19.4 Å². The Hall–Kier alpha value is -1.84. The minimum Gasteiger partial charge on any atom is -0.480 e. The van der Waals surface area contributed by atoms with Gasteiger partial charge >= 0.3 is 5.97 Å². The summed E-state index contributed by atoms with van der Waals surface area (Å²) in [7, 11) is 0. The van der Waals surface area contributed by atoms with E-state index >= 15 is 0 Å². The molecular weight excluding hydrogens is 218 g/mol. The first-order valence-electron chi connectivity index (χ1n) is 5.64. The van der Waals surface area contributed by atoms with Crippen molar-refractivity contribution in [3.63, 3.8) is 0 Å². The van der Waals surface area contributed by atoms with E-state index in [9.17, 15) is 9.59 Å². The molecule has 1 fully saturated rings. The van der Waals surface area contributed by atoms with Gasteiger partial charge < -0.3 is 10.0 Å². The molecule has 1 aliphatic heterocycles. The van der Waals surface area contributed by atoms with Crippen LogP contribution in [-0.2, 0) is 9.59 Å². The molecule has 1 aromatic rings. The zero-order valence-electron chi connectivity index (χ0n) is 9.67. The molecule has 4 heteroatoms. The molecule has 2 rings (SSSR count). The van der Waals surface area contributed by atoms with Gasteiger partial charge in [-0.05, 0) is 12.0 Å². The van der Waals surface area contributed by atoms with Crippen molar-refractivity contribution in [1.29, 1.82) is 0 Å². The zero-order valence-corrected chi connectivity index (χ0v) is 9.67. The molecule has 1 aliphatic rings. The Morgan fingerprint density at radius 1 is 1.29 bits per heavy atom. The van der Waals surface area contributed by atoms with Crippen molar-refractivity contribution in [3.05, 3.63) is 35.9 Å². The Morgan fingerprint density at radius 2 is 1.94 bits per heavy atom. The molecule has 0 bridgehead atoms. The highest BCUT2D eigenvalue weighted by molar-refractivity contribution is 5.83. The van der Waals surface area contributed by atoms with Gasteiger partial charge in [0.2, 0.25) is 5.91 Å². The van der Waals surface area contributed by atoms with Crippen LogP contribution in [0.2, 0.25) is 0 Å². The van der Waals surface area contributed by atoms with E-state index in [1.807, 2.05) is 30.3 Å². The van der Waals surface area contributed by atoms with Gasteiger partial charge in [-0.1, -0.05) is 30.3 Å². The molecule has 1 amide bonds. The molecule has 4 nitrogen and oxygen atoms in total. The highest BCUT2D eigenvalue weighted by Crippen LogP contribution is 2.31. The fraction of sp³-hybridized carbons (Fsp3) is 0.385. The van der Waals surface area contributed by atoms with Gasteiger partial charge in [-0.3, -0.25) is 4.79 Å². The second kappa shape index (κ2) is 4.57. The average Bonchev–Trinajstić information content (AvgIpc) is 2.75. The van der Waals surface area contributed by atoms with E-state index in [1.54, 1.807) is 0 Å². The number of rotatable bonds is 2. The van der Waals surface area contributed by atoms with Crippen molar-refractivity contribution < 1.29 is 14.7 Å². The van der Waals surface area contributed by atoms with Crippen LogP contribution in [0, 0.1) is 0 Å². The van der Waals surface area contributed by atoms with Gasteiger partial charge in [-0.25, -0.2) is 4.79 Å². The number of carboxylic acids is 1. The van der Waals surface area contributed by atoms with Gasteiger partial charge in [0.25, 0.3) is 0 Å². The lowest BCUT2D eigenvalue weighted by Gasteiger charge is -2.19. The lowest BCUT2D eigenvalue weighted by atomic mass is 9.96. The van der Waals surface area contributed by atoms with E-state index in [2.05, 4.69) is 0 Å². The van der Waals surface area contributed by atoms with Crippen LogP contribution >= 0.6 is 0 Å². The molecule has 1 N–H and O–H groups in total. The standard InChI is InChI=1S/C13H15NO3/c1-9(15)14-8-11(7-12(14)13(16)17)10-5-3-2-4-6-10/h2-6,11-12H,7-8H2,1H3,(H,16,17)/t11-,12-/m1/s1. The van der Waals surface area contributed by atoms with Crippen LogP contribution in [0.3, 0.4) is 0 Å². The summed E-state index contributed by atoms with van der Waals surface area (Å²) < 4.78 is 0. The number of carbonyl (C=O) groups excluding carboxylic acids is 1. The summed E-state index contributed by atoms with van der Waals surface area (Å²) in [5.74, 6) is -0.962. The van der Waals surface area contributed by atoms with Crippen molar-refractivity contribution in [3.8, 4) is 0 Å². The van der Waals surface area contributed by atoms with Gasteiger partial charge in [-0.15, -0.1) is 0 Å². The molecule has 2 atom stereocenters. The minimum atomic E-state index is -0.918. The Labute approximate surface area is 99.9 Å². The summed E-state index contributed by atoms with van der Waals surface area (Å²) in [4.78, 5) is 23.9. The zero-order chi connectivity index (χ0) is 12.4. The van der Waals surface area contributed by atoms with Crippen molar-refractivity contribution in [2.24, 2.45) is 0 Å². The Kier molecular flexibility index (Phi) is 3.13. The first kappa shape index (κ1) is 11.6. The van der Waals surface area contributed by atoms with Gasteiger partial charge in [-0.2, -0.15) is 0 Å². The maximum atomic E-state index is 11.4. The summed E-state index contributed by atoms with van der Waals surface area (Å²) in [5, 5.41) is 9.10. The molecular formula is C13H15NO3. The molecule has 0 spiro atoms. The minimum absolute atomic E-state index is 0.126. The quantitative estimate of drug-likeness (QED) is 0.841. The molecule has 0 unspecified atom stereocenters. The topological polar surface area (TPSA) is 57.6 Å². The van der Waals surface area contributed by atoms with Crippen LogP contribution in [0.1, 0.15) is 24.8 Å². The number of nitrogens with zero attached hydrogens (tertiary/aromatic N) is 1. The van der Waals surface area contributed by atoms with E-state index in [0.29, 0.717) is 13.0 Å². The average molecular weight is 233 g/mol. The Balaban J connectivity index is 2.20. The number of likely N-dealkylation sites (tertiary alicyclic amines) is 1. The van der Waals surface area contributed by atoms with Gasteiger partial charge in [0.15, 0.2) is 0 Å². The smallest absolute Gasteiger partial charge is 0.326 e. The largest absolute Gasteiger partial charge is 0.480 e. The molecule has 0 radical (unpaired) electrons. The van der Waals surface area contributed by atoms with Crippen LogP contribution in [0.4, 0.5) is 0 Å². The predicted molar refractivity (Wildman–Crippen MR) is 62.6 cm³/mol. The van der Waals surface area contributed by atoms with Gasteiger partial charge in [0.05, 0.1) is 0 Å². The third kappa shape index (κ3) is 2.30. The molecule has 1 saturated heterocycles. The van der Waals surface area contributed by atoms with Crippen LogP contribution < -0.4 is 0 Å². The maximum Gasteiger partial charge on any atom is 0.326 e. The maximum absolute atomic E-state index is 11.4. The third-order valence-corrected chi connectivity index (χ3v) is 3.26. The van der Waals surface area contributed by atoms with Crippen molar-refractivity contribution in [1.82, 2.24) is 4.90 Å². The van der Waals surface area contributed by atoms with E-state index in [4.69, 9.17) is 5.11 Å². The summed E-state index contributed by atoms with van der Waals surface area (Å²) >= 11 is 0.